The summed E-state index contributed by atoms with van der Waals surface area (Å²) in [5, 5.41) is 10.1. The number of aliphatic hydroxyl groups excluding tert-OH is 1. The highest BCUT2D eigenvalue weighted by molar-refractivity contribution is 5.78. The van der Waals surface area contributed by atoms with Gasteiger partial charge in [-0.3, -0.25) is 4.79 Å². The lowest BCUT2D eigenvalue weighted by Gasteiger charge is -2.28. The number of benzene rings is 1. The highest BCUT2D eigenvalue weighted by Crippen LogP contribution is 2.19. The van der Waals surface area contributed by atoms with Crippen molar-refractivity contribution < 1.29 is 15.4 Å². The third-order valence-electron chi connectivity index (χ3n) is 2.78. The molecule has 5 N–H and O–H groups in total. The Morgan fingerprint density at radius 2 is 1.94 bits per heavy atom. The summed E-state index contributed by atoms with van der Waals surface area (Å²) >= 11 is 0. The molecule has 17 heavy (non-hydrogen) atoms. The zero-order valence-electron chi connectivity index (χ0n) is 10.1. The standard InChI is InChI=1S/C12H18N2O2.H2O/c1-9(14(2)11(15)8-13)12(16)10-6-4-3-5-7-10;/h3-7,9,12,16H,8,13H2,1-2H3;1H2. The molecule has 1 aromatic carbocycles. The van der Waals surface area contributed by atoms with Gasteiger partial charge in [0, 0.05) is 7.05 Å². The number of hydrogen-bond acceptors (Lipinski definition) is 3. The highest BCUT2D eigenvalue weighted by atomic mass is 16.3. The summed E-state index contributed by atoms with van der Waals surface area (Å²) in [5.74, 6) is -0.178. The number of likely N-dealkylation sites (N-methyl/N-ethyl adjacent to an activating group) is 1. The van der Waals surface area contributed by atoms with Crippen molar-refractivity contribution in [1.82, 2.24) is 4.90 Å². The second-order valence-corrected chi connectivity index (χ2v) is 3.80. The summed E-state index contributed by atoms with van der Waals surface area (Å²) in [6, 6.07) is 8.98. The minimum atomic E-state index is -0.693. The van der Waals surface area contributed by atoms with Gasteiger partial charge in [0.05, 0.1) is 18.7 Å². The minimum absolute atomic E-state index is 0. The average Bonchev–Trinajstić information content (AvgIpc) is 2.36. The van der Waals surface area contributed by atoms with Crippen LogP contribution in [0.25, 0.3) is 0 Å². The largest absolute Gasteiger partial charge is 0.412 e. The monoisotopic (exact) mass is 240 g/mol. The van der Waals surface area contributed by atoms with E-state index in [-0.39, 0.29) is 24.0 Å². The summed E-state index contributed by atoms with van der Waals surface area (Å²) in [6.07, 6.45) is -0.693. The molecule has 0 heterocycles. The van der Waals surface area contributed by atoms with E-state index in [0.29, 0.717) is 0 Å². The molecule has 0 radical (unpaired) electrons. The first-order valence-corrected chi connectivity index (χ1v) is 5.26. The Labute approximate surface area is 101 Å². The summed E-state index contributed by atoms with van der Waals surface area (Å²) in [5.41, 5.74) is 6.07. The molecule has 96 valence electrons. The van der Waals surface area contributed by atoms with Crippen molar-refractivity contribution in [3.63, 3.8) is 0 Å². The van der Waals surface area contributed by atoms with Crippen molar-refractivity contribution in [2.24, 2.45) is 5.73 Å². The van der Waals surface area contributed by atoms with E-state index in [2.05, 4.69) is 0 Å². The van der Waals surface area contributed by atoms with Crippen LogP contribution in [0, 0.1) is 0 Å². The van der Waals surface area contributed by atoms with Crippen LogP contribution in [0.15, 0.2) is 30.3 Å². The summed E-state index contributed by atoms with van der Waals surface area (Å²) in [7, 11) is 1.64. The van der Waals surface area contributed by atoms with Crippen LogP contribution in [0.1, 0.15) is 18.6 Å². The van der Waals surface area contributed by atoms with Gasteiger partial charge in [-0.2, -0.15) is 0 Å². The molecule has 0 aliphatic carbocycles. The number of amides is 1. The fourth-order valence-electron chi connectivity index (χ4n) is 1.51. The van der Waals surface area contributed by atoms with E-state index in [1.54, 1.807) is 14.0 Å². The van der Waals surface area contributed by atoms with Gasteiger partial charge >= 0.3 is 0 Å². The highest BCUT2D eigenvalue weighted by Gasteiger charge is 2.22. The lowest BCUT2D eigenvalue weighted by Crippen LogP contribution is -2.42. The number of carbonyl (C=O) groups is 1. The van der Waals surface area contributed by atoms with Gasteiger partial charge < -0.3 is 21.2 Å². The summed E-state index contributed by atoms with van der Waals surface area (Å²) in [6.45, 7) is 1.76. The Kier molecular flexibility index (Phi) is 6.42. The normalized spacial score (nSPS) is 13.4. The van der Waals surface area contributed by atoms with Gasteiger partial charge in [0.2, 0.25) is 5.91 Å². The lowest BCUT2D eigenvalue weighted by molar-refractivity contribution is -0.132. The Balaban J connectivity index is 0.00000256. The number of nitrogens with two attached hydrogens (primary N) is 1. The smallest absolute Gasteiger partial charge is 0.236 e. The van der Waals surface area contributed by atoms with Crippen molar-refractivity contribution >= 4 is 5.91 Å². The molecular weight excluding hydrogens is 220 g/mol. The first kappa shape index (κ1) is 15.6. The van der Waals surface area contributed by atoms with Gasteiger partial charge in [0.25, 0.3) is 0 Å². The van der Waals surface area contributed by atoms with Gasteiger partial charge in [0.1, 0.15) is 0 Å². The average molecular weight is 240 g/mol. The van der Waals surface area contributed by atoms with Gasteiger partial charge in [-0.15, -0.1) is 0 Å². The van der Waals surface area contributed by atoms with Crippen LogP contribution in [0.3, 0.4) is 0 Å². The molecule has 2 atom stereocenters. The van der Waals surface area contributed by atoms with Gasteiger partial charge in [-0.1, -0.05) is 30.3 Å². The first-order chi connectivity index (χ1) is 7.57. The molecule has 5 nitrogen and oxygen atoms in total. The van der Waals surface area contributed by atoms with E-state index >= 15 is 0 Å². The third-order valence-corrected chi connectivity index (χ3v) is 2.78. The van der Waals surface area contributed by atoms with Crippen LogP contribution in [0.2, 0.25) is 0 Å². The van der Waals surface area contributed by atoms with E-state index in [1.807, 2.05) is 30.3 Å². The molecule has 0 spiro atoms. The fourth-order valence-corrected chi connectivity index (χ4v) is 1.51. The molecule has 0 saturated carbocycles. The quantitative estimate of drug-likeness (QED) is 0.756. The Morgan fingerprint density at radius 1 is 1.41 bits per heavy atom. The maximum atomic E-state index is 11.4. The second kappa shape index (κ2) is 7.01. The predicted octanol–water partition coefficient (Wildman–Crippen LogP) is -0.299. The number of rotatable bonds is 4. The maximum absolute atomic E-state index is 11.4. The molecule has 0 aromatic heterocycles. The molecular formula is C12H20N2O3. The zero-order valence-corrected chi connectivity index (χ0v) is 10.1. The van der Waals surface area contributed by atoms with Crippen molar-refractivity contribution in [2.75, 3.05) is 13.6 Å². The summed E-state index contributed by atoms with van der Waals surface area (Å²) < 4.78 is 0. The Morgan fingerprint density at radius 3 is 2.41 bits per heavy atom. The molecule has 5 heteroatoms. The number of carbonyl (C=O) groups excluding carboxylic acids is 1. The molecule has 0 fully saturated rings. The number of hydrogen-bond donors (Lipinski definition) is 2. The topological polar surface area (TPSA) is 98.1 Å². The van der Waals surface area contributed by atoms with E-state index in [0.717, 1.165) is 5.56 Å². The maximum Gasteiger partial charge on any atom is 0.236 e. The molecule has 0 bridgehead atoms. The fraction of sp³-hybridized carbons (Fsp3) is 0.417. The number of nitrogens with zero attached hydrogens (tertiary/aromatic N) is 1. The molecule has 1 aromatic rings. The van der Waals surface area contributed by atoms with Crippen LogP contribution in [-0.4, -0.2) is 41.0 Å². The van der Waals surface area contributed by atoms with E-state index < -0.39 is 6.10 Å². The van der Waals surface area contributed by atoms with Crippen LogP contribution in [0.5, 0.6) is 0 Å². The lowest BCUT2D eigenvalue weighted by atomic mass is 10.0. The van der Waals surface area contributed by atoms with Crippen molar-refractivity contribution in [3.8, 4) is 0 Å². The SMILES string of the molecule is CC(C(O)c1ccccc1)N(C)C(=O)CN.O. The van der Waals surface area contributed by atoms with Crippen molar-refractivity contribution in [1.29, 1.82) is 0 Å². The van der Waals surface area contributed by atoms with Gasteiger partial charge in [-0.05, 0) is 12.5 Å². The molecule has 0 aliphatic rings. The minimum Gasteiger partial charge on any atom is -0.412 e. The zero-order chi connectivity index (χ0) is 12.1. The molecule has 0 saturated heterocycles. The van der Waals surface area contributed by atoms with E-state index in [1.165, 1.54) is 4.90 Å². The number of aliphatic hydroxyl groups is 1. The van der Waals surface area contributed by atoms with Crippen LogP contribution >= 0.6 is 0 Å². The van der Waals surface area contributed by atoms with E-state index in [9.17, 15) is 9.90 Å². The van der Waals surface area contributed by atoms with Crippen molar-refractivity contribution in [3.05, 3.63) is 35.9 Å². The van der Waals surface area contributed by atoms with Gasteiger partial charge in [0.15, 0.2) is 0 Å². The van der Waals surface area contributed by atoms with Crippen LogP contribution in [0.4, 0.5) is 0 Å². The predicted molar refractivity (Wildman–Crippen MR) is 66.3 cm³/mol. The first-order valence-electron chi connectivity index (χ1n) is 5.26. The Bertz CT molecular complexity index is 343. The van der Waals surface area contributed by atoms with Gasteiger partial charge in [-0.25, -0.2) is 0 Å². The van der Waals surface area contributed by atoms with Crippen molar-refractivity contribution in [2.45, 2.75) is 19.1 Å². The van der Waals surface area contributed by atoms with Crippen LogP contribution < -0.4 is 5.73 Å². The van der Waals surface area contributed by atoms with Crippen LogP contribution in [-0.2, 0) is 4.79 Å². The third kappa shape index (κ3) is 3.81. The summed E-state index contributed by atoms with van der Waals surface area (Å²) in [4.78, 5) is 12.8. The molecule has 2 unspecified atom stereocenters. The second-order valence-electron chi connectivity index (χ2n) is 3.80. The van der Waals surface area contributed by atoms with E-state index in [4.69, 9.17) is 5.73 Å². The molecule has 0 aliphatic heterocycles. The Hall–Kier alpha value is -1.43. The molecule has 1 rings (SSSR count). The molecule has 1 amide bonds.